The zero-order valence-corrected chi connectivity index (χ0v) is 23.7. The van der Waals surface area contributed by atoms with Gasteiger partial charge >= 0.3 is 5.97 Å². The number of aliphatic hydroxyl groups excluding tert-OH is 1. The van der Waals surface area contributed by atoms with Crippen LogP contribution in [0.2, 0.25) is 0 Å². The lowest BCUT2D eigenvalue weighted by molar-refractivity contribution is -0.158. The highest BCUT2D eigenvalue weighted by Crippen LogP contribution is 2.16. The number of carboxylic acid groups (broad SMARTS) is 1. The quantitative estimate of drug-likeness (QED) is 0.0838. The summed E-state index contributed by atoms with van der Waals surface area (Å²) in [7, 11) is 0. The summed E-state index contributed by atoms with van der Waals surface area (Å²) in [5.41, 5.74) is -0.459. The number of nitrogens with zero attached hydrogens (tertiary/aromatic N) is 1. The molecule has 0 bridgehead atoms. The Kier molecular flexibility index (Phi) is 16.1. The molecule has 0 aromatic heterocycles. The van der Waals surface area contributed by atoms with Gasteiger partial charge in [-0.3, -0.25) is 29.5 Å². The Hall–Kier alpha value is -2.38. The zero-order valence-electron chi connectivity index (χ0n) is 21.9. The number of thiol groups is 2. The van der Waals surface area contributed by atoms with Crippen molar-refractivity contribution in [1.82, 2.24) is 15.5 Å². The molecule has 4 amide bonds. The van der Waals surface area contributed by atoms with Gasteiger partial charge in [-0.05, 0) is 30.4 Å². The number of carbonyl (C=O) groups is 5. The van der Waals surface area contributed by atoms with Gasteiger partial charge in [-0.15, -0.1) is 0 Å². The van der Waals surface area contributed by atoms with Crippen molar-refractivity contribution in [3.63, 3.8) is 0 Å². The topological polar surface area (TPSA) is 177 Å². The molecule has 13 heteroatoms. The maximum Gasteiger partial charge on any atom is 0.327 e. The molecule has 0 saturated heterocycles. The molecule has 0 fully saturated rings. The first-order valence-electron chi connectivity index (χ1n) is 12.1. The number of aliphatic carboxylic acids is 1. The highest BCUT2D eigenvalue weighted by atomic mass is 32.1. The molecule has 4 atom stereocenters. The predicted molar refractivity (Wildman–Crippen MR) is 147 cm³/mol. The number of carbonyl (C=O) groups excluding carboxylic acids is 4. The first-order chi connectivity index (χ1) is 17.2. The van der Waals surface area contributed by atoms with E-state index in [9.17, 15) is 34.2 Å². The van der Waals surface area contributed by atoms with E-state index in [1.165, 1.54) is 26.8 Å². The summed E-state index contributed by atoms with van der Waals surface area (Å²) >= 11 is 8.16. The molecule has 37 heavy (non-hydrogen) atoms. The van der Waals surface area contributed by atoms with Gasteiger partial charge in [0.25, 0.3) is 11.8 Å². The summed E-state index contributed by atoms with van der Waals surface area (Å²) in [4.78, 5) is 64.1. The van der Waals surface area contributed by atoms with E-state index in [0.717, 1.165) is 0 Å². The number of hydrogen-bond acceptors (Lipinski definition) is 9. The SMILES string of the molecule is CCC(=N)C(=O)N(C(=O)[C@@H](CS)NC(=O)[C@H](NC(=O)C[C@H](O)C=CCCS)C(C)C)[C@H](C(=O)O)C(C)C. The second kappa shape index (κ2) is 17.2. The molecular weight excluding hydrogens is 520 g/mol. The number of rotatable bonds is 16. The molecule has 0 saturated carbocycles. The minimum atomic E-state index is -1.57. The van der Waals surface area contributed by atoms with E-state index in [-0.39, 0.29) is 18.6 Å². The molecule has 0 unspecified atom stereocenters. The van der Waals surface area contributed by atoms with Crippen LogP contribution >= 0.6 is 25.3 Å². The molecule has 0 rings (SSSR count). The van der Waals surface area contributed by atoms with Crippen LogP contribution in [0.25, 0.3) is 0 Å². The third kappa shape index (κ3) is 11.3. The van der Waals surface area contributed by atoms with Gasteiger partial charge < -0.3 is 20.8 Å². The Morgan fingerprint density at radius 1 is 1.03 bits per heavy atom. The van der Waals surface area contributed by atoms with Crippen molar-refractivity contribution in [2.75, 3.05) is 11.5 Å². The number of allylic oxidation sites excluding steroid dienone is 1. The fraction of sp³-hybridized carbons (Fsp3) is 0.667. The molecule has 0 aromatic rings. The number of hydrogen-bond donors (Lipinski definition) is 7. The van der Waals surface area contributed by atoms with Crippen LogP contribution in [0.1, 0.15) is 53.9 Å². The van der Waals surface area contributed by atoms with E-state index < -0.39 is 71.4 Å². The summed E-state index contributed by atoms with van der Waals surface area (Å²) in [6.07, 6.45) is 2.40. The molecule has 0 heterocycles. The minimum Gasteiger partial charge on any atom is -0.480 e. The number of imide groups is 1. The monoisotopic (exact) mass is 560 g/mol. The van der Waals surface area contributed by atoms with E-state index in [2.05, 4.69) is 35.9 Å². The van der Waals surface area contributed by atoms with Crippen molar-refractivity contribution in [1.29, 1.82) is 5.41 Å². The van der Waals surface area contributed by atoms with E-state index in [1.54, 1.807) is 19.9 Å². The Labute approximate surface area is 229 Å². The van der Waals surface area contributed by atoms with Crippen LogP contribution in [-0.2, 0) is 24.0 Å². The zero-order chi connectivity index (χ0) is 28.9. The Balaban J connectivity index is 5.82. The van der Waals surface area contributed by atoms with Gasteiger partial charge in [0.05, 0.1) is 18.2 Å². The average Bonchev–Trinajstić information content (AvgIpc) is 2.81. The van der Waals surface area contributed by atoms with Crippen molar-refractivity contribution >= 4 is 60.6 Å². The summed E-state index contributed by atoms with van der Waals surface area (Å²) in [6, 6.07) is -4.06. The lowest BCUT2D eigenvalue weighted by Crippen LogP contribution is -2.61. The summed E-state index contributed by atoms with van der Waals surface area (Å²) in [6.45, 7) is 7.89. The van der Waals surface area contributed by atoms with E-state index >= 15 is 0 Å². The van der Waals surface area contributed by atoms with Crippen molar-refractivity contribution in [3.8, 4) is 0 Å². The van der Waals surface area contributed by atoms with Crippen LogP contribution in [0.15, 0.2) is 12.2 Å². The summed E-state index contributed by atoms with van der Waals surface area (Å²) in [5.74, 6) is -5.63. The highest BCUT2D eigenvalue weighted by molar-refractivity contribution is 7.80. The molecule has 5 N–H and O–H groups in total. The van der Waals surface area contributed by atoms with Crippen molar-refractivity contribution in [2.45, 2.75) is 78.1 Å². The normalized spacial score (nSPS) is 14.6. The Morgan fingerprint density at radius 2 is 1.62 bits per heavy atom. The van der Waals surface area contributed by atoms with Gasteiger partial charge in [-0.1, -0.05) is 46.8 Å². The second-order valence-electron chi connectivity index (χ2n) is 9.12. The highest BCUT2D eigenvalue weighted by Gasteiger charge is 2.41. The maximum atomic E-state index is 13.4. The van der Waals surface area contributed by atoms with Crippen LogP contribution in [0, 0.1) is 17.2 Å². The summed E-state index contributed by atoms with van der Waals surface area (Å²) < 4.78 is 0. The Bertz CT molecular complexity index is 864. The van der Waals surface area contributed by atoms with Crippen molar-refractivity contribution in [2.24, 2.45) is 11.8 Å². The van der Waals surface area contributed by atoms with Gasteiger partial charge in [0.15, 0.2) is 0 Å². The van der Waals surface area contributed by atoms with Crippen LogP contribution in [0.4, 0.5) is 0 Å². The molecular formula is C24H40N4O7S2. The van der Waals surface area contributed by atoms with Crippen LogP contribution in [-0.4, -0.2) is 86.2 Å². The lowest BCUT2D eigenvalue weighted by Gasteiger charge is -2.33. The van der Waals surface area contributed by atoms with Gasteiger partial charge in [0, 0.05) is 5.75 Å². The van der Waals surface area contributed by atoms with Gasteiger partial charge in [-0.25, -0.2) is 4.79 Å². The maximum absolute atomic E-state index is 13.4. The third-order valence-electron chi connectivity index (χ3n) is 5.34. The van der Waals surface area contributed by atoms with Crippen LogP contribution in [0.5, 0.6) is 0 Å². The molecule has 11 nitrogen and oxygen atoms in total. The van der Waals surface area contributed by atoms with Gasteiger partial charge in [0.2, 0.25) is 11.8 Å². The number of aliphatic hydroxyl groups is 1. The molecule has 0 radical (unpaired) electrons. The molecule has 210 valence electrons. The lowest BCUT2D eigenvalue weighted by atomic mass is 10.00. The molecule has 0 aliphatic heterocycles. The first-order valence-corrected chi connectivity index (χ1v) is 13.3. The first kappa shape index (κ1) is 34.6. The smallest absolute Gasteiger partial charge is 0.327 e. The van der Waals surface area contributed by atoms with Crippen molar-refractivity contribution < 1.29 is 34.2 Å². The fourth-order valence-electron chi connectivity index (χ4n) is 3.32. The molecule has 0 aliphatic rings. The van der Waals surface area contributed by atoms with Gasteiger partial charge in [0.1, 0.15) is 18.1 Å². The van der Waals surface area contributed by atoms with Gasteiger partial charge in [-0.2, -0.15) is 25.3 Å². The second-order valence-corrected chi connectivity index (χ2v) is 9.93. The number of carboxylic acids is 1. The third-order valence-corrected chi connectivity index (χ3v) is 5.97. The standard InChI is InChI=1S/C24H40N4O7S2/c1-6-16(25)22(32)28(20(14(4)5)24(34)35)23(33)17(12-37)26-21(31)19(13(2)3)27-18(30)11-15(29)9-7-8-10-36/h7,9,13-15,17,19-20,25,29,36-37H,6,8,10-12H2,1-5H3,(H,26,31)(H,27,30)(H,34,35)/t15-,17-,19-,20+/m1/s1. The van der Waals surface area contributed by atoms with E-state index in [1.807, 2.05) is 0 Å². The molecule has 0 aromatic carbocycles. The number of amides is 4. The predicted octanol–water partition coefficient (Wildman–Crippen LogP) is 1.06. The molecule has 0 spiro atoms. The average molecular weight is 561 g/mol. The number of nitrogens with one attached hydrogen (secondary N) is 3. The minimum absolute atomic E-state index is 0.0257. The Morgan fingerprint density at radius 3 is 2.05 bits per heavy atom. The van der Waals surface area contributed by atoms with Crippen molar-refractivity contribution in [3.05, 3.63) is 12.2 Å². The van der Waals surface area contributed by atoms with Crippen LogP contribution in [0.3, 0.4) is 0 Å². The molecule has 0 aliphatic carbocycles. The van der Waals surface area contributed by atoms with E-state index in [4.69, 9.17) is 5.41 Å². The fourth-order valence-corrected chi connectivity index (χ4v) is 3.72. The largest absolute Gasteiger partial charge is 0.480 e. The van der Waals surface area contributed by atoms with Crippen LogP contribution < -0.4 is 10.6 Å². The summed E-state index contributed by atoms with van der Waals surface area (Å²) in [5, 5.41) is 32.5. The van der Waals surface area contributed by atoms with E-state index in [0.29, 0.717) is 17.1 Å².